The van der Waals surface area contributed by atoms with Crippen LogP contribution in [0.5, 0.6) is 11.5 Å². The second kappa shape index (κ2) is 7.45. The highest BCUT2D eigenvalue weighted by atomic mass is 16.5. The summed E-state index contributed by atoms with van der Waals surface area (Å²) < 4.78 is 10.7. The fourth-order valence-corrected chi connectivity index (χ4v) is 3.03. The van der Waals surface area contributed by atoms with Crippen LogP contribution in [-0.4, -0.2) is 36.9 Å². The molecule has 2 aromatic carbocycles. The van der Waals surface area contributed by atoms with Gasteiger partial charge in [0.1, 0.15) is 17.0 Å². The monoisotopic (exact) mass is 360 g/mol. The molecule has 6 nitrogen and oxygen atoms in total. The highest BCUT2D eigenvalue weighted by molar-refractivity contribution is 6.15. The van der Waals surface area contributed by atoms with Gasteiger partial charge in [0.05, 0.1) is 26.5 Å². The van der Waals surface area contributed by atoms with Gasteiger partial charge in [-0.05, 0) is 23.8 Å². The Balaban J connectivity index is 1.70. The van der Waals surface area contributed by atoms with E-state index in [4.69, 9.17) is 14.5 Å². The molecule has 0 unspecified atom stereocenters. The predicted octanol–water partition coefficient (Wildman–Crippen LogP) is 3.73. The smallest absolute Gasteiger partial charge is 0.224 e. The van der Waals surface area contributed by atoms with Gasteiger partial charge in [-0.15, -0.1) is 0 Å². The number of benzene rings is 2. The summed E-state index contributed by atoms with van der Waals surface area (Å²) in [4.78, 5) is 13.7. The summed E-state index contributed by atoms with van der Waals surface area (Å²) in [5.41, 5.74) is 3.76. The lowest BCUT2D eigenvalue weighted by Gasteiger charge is -2.12. The number of allylic oxidation sites excluding steroid dienone is 1. The Hall–Kier alpha value is -3.41. The number of aromatic nitrogens is 2. The molecule has 3 aromatic rings. The van der Waals surface area contributed by atoms with Crippen molar-refractivity contribution in [1.82, 2.24) is 9.97 Å². The van der Waals surface area contributed by atoms with Crippen LogP contribution in [0.1, 0.15) is 11.3 Å². The molecule has 1 N–H and O–H groups in total. The van der Waals surface area contributed by atoms with Gasteiger partial charge in [0.25, 0.3) is 0 Å². The number of hydrogen-bond acceptors (Lipinski definition) is 6. The van der Waals surface area contributed by atoms with E-state index in [1.54, 1.807) is 14.2 Å². The maximum atomic E-state index is 5.50. The first-order chi connectivity index (χ1) is 13.3. The quantitative estimate of drug-likeness (QED) is 0.725. The lowest BCUT2D eigenvalue weighted by atomic mass is 10.1. The topological polar surface area (TPSA) is 68.6 Å². The molecule has 0 bridgehead atoms. The summed E-state index contributed by atoms with van der Waals surface area (Å²) in [5.74, 6) is 2.11. The lowest BCUT2D eigenvalue weighted by Crippen LogP contribution is -2.06. The van der Waals surface area contributed by atoms with E-state index in [0.717, 1.165) is 39.2 Å². The summed E-state index contributed by atoms with van der Waals surface area (Å²) in [6.45, 7) is 1.29. The van der Waals surface area contributed by atoms with Crippen molar-refractivity contribution in [1.29, 1.82) is 0 Å². The molecule has 6 heteroatoms. The standard InChI is InChI=1S/C21H20N4O2/c1-26-16-8-6-14(7-9-16)12-23-21-24-19(15-10-11-22-13-15)17-4-3-5-18(27-2)20(17)25-21/h3-10,13H,11-12H2,1-2H3,(H,23,24,25). The van der Waals surface area contributed by atoms with Crippen LogP contribution in [0.3, 0.4) is 0 Å². The van der Waals surface area contributed by atoms with Gasteiger partial charge in [-0.25, -0.2) is 9.97 Å². The Morgan fingerprint density at radius 1 is 1.00 bits per heavy atom. The van der Waals surface area contributed by atoms with Crippen molar-refractivity contribution >= 4 is 28.6 Å². The van der Waals surface area contributed by atoms with Crippen LogP contribution in [-0.2, 0) is 6.54 Å². The summed E-state index contributed by atoms with van der Waals surface area (Å²) >= 11 is 0. The fraction of sp³-hybridized carbons (Fsp3) is 0.190. The van der Waals surface area contributed by atoms with E-state index in [9.17, 15) is 0 Å². The Labute approximate surface area is 157 Å². The molecular formula is C21H20N4O2. The molecule has 0 saturated carbocycles. The zero-order valence-electron chi connectivity index (χ0n) is 15.3. The van der Waals surface area contributed by atoms with Crippen molar-refractivity contribution in [3.63, 3.8) is 0 Å². The molecular weight excluding hydrogens is 340 g/mol. The number of nitrogens with zero attached hydrogens (tertiary/aromatic N) is 3. The second-order valence-electron chi connectivity index (χ2n) is 6.11. The van der Waals surface area contributed by atoms with Gasteiger partial charge in [-0.1, -0.05) is 30.3 Å². The van der Waals surface area contributed by atoms with Crippen LogP contribution < -0.4 is 14.8 Å². The highest BCUT2D eigenvalue weighted by Gasteiger charge is 2.15. The fourth-order valence-electron chi connectivity index (χ4n) is 3.03. The molecule has 4 rings (SSSR count). The maximum Gasteiger partial charge on any atom is 0.224 e. The zero-order chi connectivity index (χ0) is 18.6. The minimum absolute atomic E-state index is 0.555. The molecule has 0 amide bonds. The minimum atomic E-state index is 0.555. The van der Waals surface area contributed by atoms with Gasteiger partial charge in [-0.3, -0.25) is 4.99 Å². The van der Waals surface area contributed by atoms with Gasteiger partial charge in [0.15, 0.2) is 0 Å². The third kappa shape index (κ3) is 3.46. The molecule has 1 aliphatic heterocycles. The first kappa shape index (κ1) is 17.0. The van der Waals surface area contributed by atoms with Crippen molar-refractivity contribution < 1.29 is 9.47 Å². The number of para-hydroxylation sites is 1. The SMILES string of the molecule is COc1ccc(CNc2nc(C3=CCN=C3)c3cccc(OC)c3n2)cc1. The normalized spacial score (nSPS) is 12.9. The van der Waals surface area contributed by atoms with E-state index in [1.165, 1.54) is 0 Å². The average Bonchev–Trinajstić information content (AvgIpc) is 3.26. The summed E-state index contributed by atoms with van der Waals surface area (Å²) in [6.07, 6.45) is 3.92. The van der Waals surface area contributed by atoms with E-state index < -0.39 is 0 Å². The van der Waals surface area contributed by atoms with Crippen molar-refractivity contribution in [3.05, 3.63) is 59.8 Å². The van der Waals surface area contributed by atoms with Crippen molar-refractivity contribution in [2.24, 2.45) is 4.99 Å². The van der Waals surface area contributed by atoms with Crippen molar-refractivity contribution in [3.8, 4) is 11.5 Å². The lowest BCUT2D eigenvalue weighted by molar-refractivity contribution is 0.414. The Bertz CT molecular complexity index is 1030. The number of methoxy groups -OCH3 is 2. The van der Waals surface area contributed by atoms with E-state index >= 15 is 0 Å². The second-order valence-corrected chi connectivity index (χ2v) is 6.11. The molecule has 1 aliphatic rings. The summed E-state index contributed by atoms with van der Waals surface area (Å²) in [7, 11) is 3.31. The van der Waals surface area contributed by atoms with Crippen LogP contribution in [0.25, 0.3) is 16.5 Å². The number of hydrogen-bond donors (Lipinski definition) is 1. The summed E-state index contributed by atoms with van der Waals surface area (Å²) in [5, 5.41) is 4.26. The zero-order valence-corrected chi connectivity index (χ0v) is 15.3. The first-order valence-electron chi connectivity index (χ1n) is 8.70. The molecule has 0 atom stereocenters. The van der Waals surface area contributed by atoms with Gasteiger partial charge >= 0.3 is 0 Å². The number of aliphatic imine (C=N–C) groups is 1. The first-order valence-corrected chi connectivity index (χ1v) is 8.70. The number of rotatable bonds is 6. The van der Waals surface area contributed by atoms with Gasteiger partial charge in [0, 0.05) is 23.7 Å². The largest absolute Gasteiger partial charge is 0.497 e. The Kier molecular flexibility index (Phi) is 4.70. The number of fused-ring (bicyclic) bond motifs is 1. The van der Waals surface area contributed by atoms with Crippen LogP contribution in [0.4, 0.5) is 5.95 Å². The van der Waals surface area contributed by atoms with E-state index in [1.807, 2.05) is 48.7 Å². The molecule has 0 aliphatic carbocycles. The van der Waals surface area contributed by atoms with Gasteiger partial charge < -0.3 is 14.8 Å². The third-order valence-corrected chi connectivity index (χ3v) is 4.44. The van der Waals surface area contributed by atoms with E-state index in [-0.39, 0.29) is 0 Å². The molecule has 1 aromatic heterocycles. The number of anilines is 1. The van der Waals surface area contributed by atoms with E-state index in [2.05, 4.69) is 21.4 Å². The highest BCUT2D eigenvalue weighted by Crippen LogP contribution is 2.30. The summed E-state index contributed by atoms with van der Waals surface area (Å²) in [6, 6.07) is 13.8. The predicted molar refractivity (Wildman–Crippen MR) is 108 cm³/mol. The van der Waals surface area contributed by atoms with Crippen molar-refractivity contribution in [2.75, 3.05) is 26.1 Å². The van der Waals surface area contributed by atoms with Crippen LogP contribution in [0.2, 0.25) is 0 Å². The molecule has 0 spiro atoms. The maximum absolute atomic E-state index is 5.50. The molecule has 136 valence electrons. The number of nitrogens with one attached hydrogen (secondary N) is 1. The van der Waals surface area contributed by atoms with Crippen LogP contribution in [0.15, 0.2) is 53.5 Å². The Morgan fingerprint density at radius 2 is 1.85 bits per heavy atom. The van der Waals surface area contributed by atoms with E-state index in [0.29, 0.717) is 19.0 Å². The number of ether oxygens (including phenoxy) is 2. The third-order valence-electron chi connectivity index (χ3n) is 4.44. The van der Waals surface area contributed by atoms with Crippen LogP contribution >= 0.6 is 0 Å². The van der Waals surface area contributed by atoms with Gasteiger partial charge in [0.2, 0.25) is 5.95 Å². The van der Waals surface area contributed by atoms with Crippen LogP contribution in [0, 0.1) is 0 Å². The molecule has 0 fully saturated rings. The molecule has 0 saturated heterocycles. The molecule has 2 heterocycles. The average molecular weight is 360 g/mol. The molecule has 0 radical (unpaired) electrons. The molecule has 27 heavy (non-hydrogen) atoms. The minimum Gasteiger partial charge on any atom is -0.497 e. The van der Waals surface area contributed by atoms with Gasteiger partial charge in [-0.2, -0.15) is 0 Å². The Morgan fingerprint density at radius 3 is 2.56 bits per heavy atom. The van der Waals surface area contributed by atoms with Crippen molar-refractivity contribution in [2.45, 2.75) is 6.54 Å².